The van der Waals surface area contributed by atoms with Crippen LogP contribution in [0.5, 0.6) is 0 Å². The van der Waals surface area contributed by atoms with Gasteiger partial charge in [0.25, 0.3) is 0 Å². The number of pyridine rings is 1. The standard InChI is InChI=1S/C25H26BN3O2/c1-7-10-17(8-2)21-22-20(11-9-16-27-22)28-23(29-21)18-12-14-19(15-13-18)26-30-24(3,4)25(5,6)31-26/h7-16H,1-2H2,3-6H3/b17-10+. The summed E-state index contributed by atoms with van der Waals surface area (Å²) in [6, 6.07) is 11.8. The molecule has 0 radical (unpaired) electrons. The number of hydrogen-bond acceptors (Lipinski definition) is 5. The van der Waals surface area contributed by atoms with E-state index in [-0.39, 0.29) is 11.2 Å². The van der Waals surface area contributed by atoms with E-state index >= 15 is 0 Å². The molecular formula is C25H26BN3O2. The van der Waals surface area contributed by atoms with E-state index in [1.807, 2.05) is 70.2 Å². The van der Waals surface area contributed by atoms with Gasteiger partial charge in [-0.3, -0.25) is 4.98 Å². The number of nitrogens with zero attached hydrogens (tertiary/aromatic N) is 3. The first kappa shape index (κ1) is 21.2. The van der Waals surface area contributed by atoms with E-state index < -0.39 is 7.12 Å². The summed E-state index contributed by atoms with van der Waals surface area (Å²) in [5, 5.41) is 0. The summed E-state index contributed by atoms with van der Waals surface area (Å²) in [6.07, 6.45) is 7.08. The van der Waals surface area contributed by atoms with Crippen molar-refractivity contribution < 1.29 is 9.31 Å². The fraction of sp³-hybridized carbons (Fsp3) is 0.240. The van der Waals surface area contributed by atoms with Crippen LogP contribution in [0.2, 0.25) is 0 Å². The maximum atomic E-state index is 6.16. The molecule has 0 unspecified atom stereocenters. The lowest BCUT2D eigenvalue weighted by Gasteiger charge is -2.32. The molecule has 0 amide bonds. The maximum Gasteiger partial charge on any atom is 0.494 e. The Morgan fingerprint density at radius 1 is 0.968 bits per heavy atom. The lowest BCUT2D eigenvalue weighted by molar-refractivity contribution is 0.00578. The molecule has 1 aromatic carbocycles. The molecule has 5 nitrogen and oxygen atoms in total. The second kappa shape index (κ2) is 7.87. The molecule has 0 spiro atoms. The Labute approximate surface area is 183 Å². The van der Waals surface area contributed by atoms with Crippen molar-refractivity contribution >= 4 is 29.2 Å². The van der Waals surface area contributed by atoms with Gasteiger partial charge in [0.15, 0.2) is 5.82 Å². The maximum absolute atomic E-state index is 6.16. The molecule has 0 N–H and O–H groups in total. The molecular weight excluding hydrogens is 385 g/mol. The molecule has 6 heteroatoms. The van der Waals surface area contributed by atoms with Crippen molar-refractivity contribution in [3.8, 4) is 11.4 Å². The SMILES string of the molecule is C=C/C=C(\C=C)c1nc(-c2ccc(B3OC(C)(C)C(C)(C)O3)cc2)nc2cccnc12. The van der Waals surface area contributed by atoms with Gasteiger partial charge < -0.3 is 9.31 Å². The van der Waals surface area contributed by atoms with Crippen LogP contribution in [0.15, 0.2) is 74.0 Å². The minimum Gasteiger partial charge on any atom is -0.399 e. The van der Waals surface area contributed by atoms with Gasteiger partial charge in [0, 0.05) is 17.3 Å². The fourth-order valence-corrected chi connectivity index (χ4v) is 3.44. The molecule has 31 heavy (non-hydrogen) atoms. The van der Waals surface area contributed by atoms with Gasteiger partial charge in [-0.2, -0.15) is 0 Å². The van der Waals surface area contributed by atoms with E-state index in [1.165, 1.54) is 0 Å². The Balaban J connectivity index is 1.74. The highest BCUT2D eigenvalue weighted by Gasteiger charge is 2.51. The van der Waals surface area contributed by atoms with Gasteiger partial charge in [-0.15, -0.1) is 0 Å². The lowest BCUT2D eigenvalue weighted by atomic mass is 9.79. The van der Waals surface area contributed by atoms with Crippen molar-refractivity contribution in [1.82, 2.24) is 15.0 Å². The average molecular weight is 411 g/mol. The zero-order chi connectivity index (χ0) is 22.2. The summed E-state index contributed by atoms with van der Waals surface area (Å²) < 4.78 is 12.3. The van der Waals surface area contributed by atoms with E-state index in [9.17, 15) is 0 Å². The molecule has 1 aliphatic rings. The zero-order valence-corrected chi connectivity index (χ0v) is 18.4. The van der Waals surface area contributed by atoms with Crippen LogP contribution in [0, 0.1) is 0 Å². The highest BCUT2D eigenvalue weighted by atomic mass is 16.7. The van der Waals surface area contributed by atoms with Crippen LogP contribution < -0.4 is 5.46 Å². The fourth-order valence-electron chi connectivity index (χ4n) is 3.44. The van der Waals surface area contributed by atoms with Crippen LogP contribution >= 0.6 is 0 Å². The molecule has 3 aromatic rings. The van der Waals surface area contributed by atoms with Crippen LogP contribution in [-0.2, 0) is 9.31 Å². The Kier molecular flexibility index (Phi) is 5.37. The minimum absolute atomic E-state index is 0.377. The molecule has 0 aliphatic carbocycles. The molecule has 0 bridgehead atoms. The van der Waals surface area contributed by atoms with Gasteiger partial charge in [0.1, 0.15) is 11.2 Å². The predicted octanol–water partition coefficient (Wildman–Crippen LogP) is 4.75. The summed E-state index contributed by atoms with van der Waals surface area (Å²) in [6.45, 7) is 15.9. The molecule has 0 saturated carbocycles. The Hall–Kier alpha value is -3.09. The van der Waals surface area contributed by atoms with Gasteiger partial charge >= 0.3 is 7.12 Å². The van der Waals surface area contributed by atoms with Gasteiger partial charge in [0.2, 0.25) is 0 Å². The highest BCUT2D eigenvalue weighted by Crippen LogP contribution is 2.36. The third-order valence-electron chi connectivity index (χ3n) is 5.94. The quantitative estimate of drug-likeness (QED) is 0.448. The third-order valence-corrected chi connectivity index (χ3v) is 5.94. The summed E-state index contributed by atoms with van der Waals surface area (Å²) in [5.74, 6) is 0.618. The topological polar surface area (TPSA) is 57.1 Å². The third kappa shape index (κ3) is 3.85. The van der Waals surface area contributed by atoms with Crippen molar-refractivity contribution in [3.63, 3.8) is 0 Å². The molecule has 156 valence electrons. The Bertz CT molecular complexity index is 1170. The first-order chi connectivity index (χ1) is 14.8. The summed E-state index contributed by atoms with van der Waals surface area (Å²) in [4.78, 5) is 14.0. The number of aromatic nitrogens is 3. The summed E-state index contributed by atoms with van der Waals surface area (Å²) in [7, 11) is -0.403. The highest BCUT2D eigenvalue weighted by molar-refractivity contribution is 6.62. The van der Waals surface area contributed by atoms with Crippen molar-refractivity contribution in [2.24, 2.45) is 0 Å². The second-order valence-electron chi connectivity index (χ2n) is 8.54. The van der Waals surface area contributed by atoms with E-state index in [1.54, 1.807) is 18.3 Å². The largest absolute Gasteiger partial charge is 0.494 e. The van der Waals surface area contributed by atoms with Crippen LogP contribution in [-0.4, -0.2) is 33.3 Å². The van der Waals surface area contributed by atoms with E-state index in [0.29, 0.717) is 5.82 Å². The van der Waals surface area contributed by atoms with E-state index in [0.717, 1.165) is 33.3 Å². The minimum atomic E-state index is -0.403. The summed E-state index contributed by atoms with van der Waals surface area (Å²) in [5.41, 5.74) is 4.18. The van der Waals surface area contributed by atoms with Crippen LogP contribution in [0.4, 0.5) is 0 Å². The van der Waals surface area contributed by atoms with E-state index in [2.05, 4.69) is 18.1 Å². The first-order valence-electron chi connectivity index (χ1n) is 10.3. The van der Waals surface area contributed by atoms with E-state index in [4.69, 9.17) is 19.3 Å². The summed E-state index contributed by atoms with van der Waals surface area (Å²) >= 11 is 0. The molecule has 3 heterocycles. The number of fused-ring (bicyclic) bond motifs is 1. The smallest absolute Gasteiger partial charge is 0.399 e. The monoisotopic (exact) mass is 411 g/mol. The number of allylic oxidation sites excluding steroid dienone is 4. The molecule has 1 aliphatic heterocycles. The van der Waals surface area contributed by atoms with Gasteiger partial charge in [-0.25, -0.2) is 9.97 Å². The van der Waals surface area contributed by atoms with Gasteiger partial charge in [-0.1, -0.05) is 55.7 Å². The lowest BCUT2D eigenvalue weighted by Crippen LogP contribution is -2.41. The number of rotatable bonds is 5. The van der Waals surface area contributed by atoms with Crippen molar-refractivity contribution in [2.75, 3.05) is 0 Å². The van der Waals surface area contributed by atoms with Crippen LogP contribution in [0.1, 0.15) is 33.4 Å². The molecule has 1 saturated heterocycles. The number of benzene rings is 1. The van der Waals surface area contributed by atoms with Crippen molar-refractivity contribution in [2.45, 2.75) is 38.9 Å². The molecule has 2 aromatic heterocycles. The van der Waals surface area contributed by atoms with Gasteiger partial charge in [-0.05, 0) is 45.3 Å². The van der Waals surface area contributed by atoms with Crippen LogP contribution in [0.3, 0.4) is 0 Å². The van der Waals surface area contributed by atoms with Gasteiger partial charge in [0.05, 0.1) is 16.7 Å². The second-order valence-corrected chi connectivity index (χ2v) is 8.54. The molecule has 4 rings (SSSR count). The number of hydrogen-bond donors (Lipinski definition) is 0. The predicted molar refractivity (Wildman–Crippen MR) is 127 cm³/mol. The van der Waals surface area contributed by atoms with Crippen molar-refractivity contribution in [3.05, 3.63) is 79.7 Å². The van der Waals surface area contributed by atoms with Crippen molar-refractivity contribution in [1.29, 1.82) is 0 Å². The average Bonchev–Trinajstić information content (AvgIpc) is 2.98. The normalized spacial score (nSPS) is 17.7. The Morgan fingerprint density at radius 2 is 1.65 bits per heavy atom. The molecule has 0 atom stereocenters. The zero-order valence-electron chi connectivity index (χ0n) is 18.4. The Morgan fingerprint density at radius 3 is 2.26 bits per heavy atom. The van der Waals surface area contributed by atoms with Crippen LogP contribution in [0.25, 0.3) is 28.0 Å². The molecule has 1 fully saturated rings. The first-order valence-corrected chi connectivity index (χ1v) is 10.3.